The minimum Gasteiger partial charge on any atom is -0.493 e. The molecule has 3 aromatic heterocycles. The Morgan fingerprint density at radius 1 is 1.12 bits per heavy atom. The summed E-state index contributed by atoms with van der Waals surface area (Å²) in [6.07, 6.45) is 4.71. The molecule has 1 fully saturated rings. The van der Waals surface area contributed by atoms with Crippen LogP contribution in [0.2, 0.25) is 0 Å². The number of carbonyl (C=O) groups is 2. The number of hydrogen-bond donors (Lipinski definition) is 1. The van der Waals surface area contributed by atoms with Crippen molar-refractivity contribution in [3.05, 3.63) is 66.5 Å². The molecule has 210 valence electrons. The van der Waals surface area contributed by atoms with Crippen LogP contribution in [0.5, 0.6) is 11.5 Å². The molecule has 0 spiro atoms. The SMILES string of the molecule is COc1ccc(-c2nnn(CC(=O)N(Cc3ccco3)[C@H](C(=O)NC[C@@H]3CCCO3)c3ccco3)n2)cc1OC. The third-order valence-electron chi connectivity index (χ3n) is 6.50. The van der Waals surface area contributed by atoms with Crippen molar-refractivity contribution in [1.82, 2.24) is 30.4 Å². The number of ether oxygens (including phenoxy) is 3. The lowest BCUT2D eigenvalue weighted by Gasteiger charge is -2.29. The number of nitrogens with one attached hydrogen (secondary N) is 1. The highest BCUT2D eigenvalue weighted by atomic mass is 16.5. The predicted molar refractivity (Wildman–Crippen MR) is 139 cm³/mol. The van der Waals surface area contributed by atoms with Crippen LogP contribution in [-0.4, -0.2) is 70.4 Å². The van der Waals surface area contributed by atoms with Gasteiger partial charge in [-0.2, -0.15) is 4.80 Å². The normalized spacial score (nSPS) is 15.5. The molecule has 2 atom stereocenters. The third kappa shape index (κ3) is 6.15. The Balaban J connectivity index is 1.38. The molecular formula is C27H30N6O7. The quantitative estimate of drug-likeness (QED) is 0.279. The molecule has 5 rings (SSSR count). The fourth-order valence-corrected chi connectivity index (χ4v) is 4.49. The van der Waals surface area contributed by atoms with Gasteiger partial charge in [-0.15, -0.1) is 10.2 Å². The van der Waals surface area contributed by atoms with E-state index in [1.54, 1.807) is 49.6 Å². The first-order chi connectivity index (χ1) is 19.6. The molecule has 13 heteroatoms. The number of rotatable bonds is 12. The summed E-state index contributed by atoms with van der Waals surface area (Å²) >= 11 is 0. The minimum atomic E-state index is -1.07. The van der Waals surface area contributed by atoms with Gasteiger partial charge < -0.3 is 33.3 Å². The van der Waals surface area contributed by atoms with E-state index in [1.807, 2.05) is 0 Å². The van der Waals surface area contributed by atoms with Gasteiger partial charge in [-0.3, -0.25) is 9.59 Å². The molecule has 1 N–H and O–H groups in total. The standard InChI is InChI=1S/C27H30N6O7/c1-36-21-10-9-18(14-23(21)37-2)26-29-31-33(30-26)17-24(34)32(16-20-7-4-12-39-20)25(22-8-5-13-40-22)27(35)28-15-19-6-3-11-38-19/h4-5,7-10,12-14,19,25H,3,6,11,15-17H2,1-2H3,(H,28,35)/t19-,25-/m0/s1. The molecule has 0 bridgehead atoms. The summed E-state index contributed by atoms with van der Waals surface area (Å²) in [6.45, 7) is 0.735. The molecule has 0 aliphatic carbocycles. The Morgan fingerprint density at radius 2 is 1.95 bits per heavy atom. The highest BCUT2D eigenvalue weighted by Crippen LogP contribution is 2.31. The van der Waals surface area contributed by atoms with Crippen molar-refractivity contribution in [1.29, 1.82) is 0 Å². The van der Waals surface area contributed by atoms with Gasteiger partial charge in [-0.25, -0.2) is 0 Å². The lowest BCUT2D eigenvalue weighted by Crippen LogP contribution is -2.46. The van der Waals surface area contributed by atoms with E-state index in [9.17, 15) is 9.59 Å². The van der Waals surface area contributed by atoms with Gasteiger partial charge in [0.15, 0.2) is 17.5 Å². The van der Waals surface area contributed by atoms with Crippen LogP contribution in [-0.2, 0) is 27.4 Å². The first-order valence-electron chi connectivity index (χ1n) is 12.8. The second kappa shape index (κ2) is 12.5. The van der Waals surface area contributed by atoms with Gasteiger partial charge in [0.1, 0.15) is 18.1 Å². The summed E-state index contributed by atoms with van der Waals surface area (Å²) in [5.74, 6) is 1.32. The highest BCUT2D eigenvalue weighted by Gasteiger charge is 2.35. The Morgan fingerprint density at radius 3 is 2.65 bits per heavy atom. The summed E-state index contributed by atoms with van der Waals surface area (Å²) in [7, 11) is 3.08. The lowest BCUT2D eigenvalue weighted by atomic mass is 10.1. The molecule has 0 unspecified atom stereocenters. The lowest BCUT2D eigenvalue weighted by molar-refractivity contribution is -0.143. The van der Waals surface area contributed by atoms with Crippen molar-refractivity contribution in [2.45, 2.75) is 38.1 Å². The summed E-state index contributed by atoms with van der Waals surface area (Å²) < 4.78 is 27.4. The minimum absolute atomic E-state index is 0.0157. The second-order valence-electron chi connectivity index (χ2n) is 9.11. The maximum Gasteiger partial charge on any atom is 0.250 e. The predicted octanol–water partition coefficient (Wildman–Crippen LogP) is 2.61. The number of carbonyl (C=O) groups excluding carboxylic acids is 2. The Kier molecular flexibility index (Phi) is 8.40. The topological polar surface area (TPSA) is 147 Å². The molecule has 40 heavy (non-hydrogen) atoms. The van der Waals surface area contributed by atoms with Crippen LogP contribution in [0.15, 0.2) is 63.8 Å². The van der Waals surface area contributed by atoms with E-state index >= 15 is 0 Å². The first-order valence-corrected chi connectivity index (χ1v) is 12.8. The maximum absolute atomic E-state index is 13.7. The van der Waals surface area contributed by atoms with Crippen LogP contribution in [0.25, 0.3) is 11.4 Å². The van der Waals surface area contributed by atoms with E-state index in [0.29, 0.717) is 47.6 Å². The van der Waals surface area contributed by atoms with Crippen molar-refractivity contribution < 1.29 is 32.6 Å². The average molecular weight is 551 g/mol. The van der Waals surface area contributed by atoms with Crippen LogP contribution in [0.3, 0.4) is 0 Å². The van der Waals surface area contributed by atoms with Crippen LogP contribution < -0.4 is 14.8 Å². The zero-order valence-electron chi connectivity index (χ0n) is 22.2. The van der Waals surface area contributed by atoms with E-state index < -0.39 is 17.9 Å². The van der Waals surface area contributed by atoms with Gasteiger partial charge in [-0.05, 0) is 60.5 Å². The summed E-state index contributed by atoms with van der Waals surface area (Å²) in [5.41, 5.74) is 0.630. The molecule has 4 heterocycles. The number of aromatic nitrogens is 4. The molecule has 13 nitrogen and oxygen atoms in total. The summed E-state index contributed by atoms with van der Waals surface area (Å²) in [5, 5.41) is 15.4. The van der Waals surface area contributed by atoms with Gasteiger partial charge in [0.25, 0.3) is 5.91 Å². The fourth-order valence-electron chi connectivity index (χ4n) is 4.49. The van der Waals surface area contributed by atoms with Gasteiger partial charge in [0.05, 0.1) is 39.4 Å². The number of amides is 2. The van der Waals surface area contributed by atoms with E-state index in [-0.39, 0.29) is 19.2 Å². The Bertz CT molecular complexity index is 1400. The van der Waals surface area contributed by atoms with Crippen molar-refractivity contribution >= 4 is 11.8 Å². The summed E-state index contributed by atoms with van der Waals surface area (Å²) in [6, 6.07) is 10.9. The molecule has 1 aliphatic rings. The number of methoxy groups -OCH3 is 2. The van der Waals surface area contributed by atoms with E-state index in [1.165, 1.54) is 29.3 Å². The van der Waals surface area contributed by atoms with Gasteiger partial charge in [0, 0.05) is 18.7 Å². The first kappa shape index (κ1) is 26.9. The number of tetrazole rings is 1. The molecule has 1 aromatic carbocycles. The molecule has 0 radical (unpaired) electrons. The Hall–Kier alpha value is -4.65. The van der Waals surface area contributed by atoms with Crippen LogP contribution >= 0.6 is 0 Å². The van der Waals surface area contributed by atoms with E-state index in [0.717, 1.165) is 12.8 Å². The molecule has 4 aromatic rings. The average Bonchev–Trinajstić information content (AvgIpc) is 3.80. The summed E-state index contributed by atoms with van der Waals surface area (Å²) in [4.78, 5) is 29.8. The monoisotopic (exact) mass is 550 g/mol. The molecule has 1 saturated heterocycles. The van der Waals surface area contributed by atoms with Gasteiger partial charge >= 0.3 is 0 Å². The van der Waals surface area contributed by atoms with E-state index in [2.05, 4.69) is 20.7 Å². The van der Waals surface area contributed by atoms with Crippen LogP contribution in [0.1, 0.15) is 30.4 Å². The van der Waals surface area contributed by atoms with Crippen molar-refractivity contribution in [3.8, 4) is 22.9 Å². The van der Waals surface area contributed by atoms with Crippen molar-refractivity contribution in [2.24, 2.45) is 0 Å². The Labute approximate surface area is 230 Å². The third-order valence-corrected chi connectivity index (χ3v) is 6.50. The molecular weight excluding hydrogens is 520 g/mol. The smallest absolute Gasteiger partial charge is 0.250 e. The number of hydrogen-bond acceptors (Lipinski definition) is 10. The second-order valence-corrected chi connectivity index (χ2v) is 9.11. The molecule has 0 saturated carbocycles. The van der Waals surface area contributed by atoms with Crippen LogP contribution in [0, 0.1) is 0 Å². The number of nitrogens with zero attached hydrogens (tertiary/aromatic N) is 5. The maximum atomic E-state index is 13.7. The molecule has 1 aliphatic heterocycles. The zero-order chi connectivity index (χ0) is 27.9. The van der Waals surface area contributed by atoms with Crippen LogP contribution in [0.4, 0.5) is 0 Å². The number of furan rings is 2. The number of benzene rings is 1. The van der Waals surface area contributed by atoms with Crippen molar-refractivity contribution in [2.75, 3.05) is 27.4 Å². The van der Waals surface area contributed by atoms with E-state index in [4.69, 9.17) is 23.0 Å². The van der Waals surface area contributed by atoms with Gasteiger partial charge in [-0.1, -0.05) is 0 Å². The van der Waals surface area contributed by atoms with Gasteiger partial charge in [0.2, 0.25) is 11.7 Å². The largest absolute Gasteiger partial charge is 0.493 e. The fraction of sp³-hybridized carbons (Fsp3) is 0.370. The zero-order valence-corrected chi connectivity index (χ0v) is 22.2. The highest BCUT2D eigenvalue weighted by molar-refractivity contribution is 5.88. The molecule has 2 amide bonds. The van der Waals surface area contributed by atoms with Crippen molar-refractivity contribution in [3.63, 3.8) is 0 Å².